The van der Waals surface area contributed by atoms with Gasteiger partial charge in [0.05, 0.1) is 11.4 Å². The quantitative estimate of drug-likeness (QED) is 0.574. The molecular weight excluding hydrogens is 287 g/mol. The lowest BCUT2D eigenvalue weighted by molar-refractivity contribution is 0.286. The number of benzene rings is 1. The van der Waals surface area contributed by atoms with Crippen molar-refractivity contribution in [2.24, 2.45) is 27.2 Å². The number of ether oxygens (including phenoxy) is 1. The second-order valence-corrected chi connectivity index (χ2v) is 4.23. The van der Waals surface area contributed by atoms with Gasteiger partial charge in [-0.05, 0) is 24.3 Å². The van der Waals surface area contributed by atoms with Gasteiger partial charge >= 0.3 is 0 Å². The molecule has 22 heavy (non-hydrogen) atoms. The van der Waals surface area contributed by atoms with Gasteiger partial charge in [-0.2, -0.15) is 4.99 Å². The van der Waals surface area contributed by atoms with Crippen LogP contribution in [0.15, 0.2) is 52.6 Å². The molecule has 2 rings (SSSR count). The maximum absolute atomic E-state index is 13.9. The van der Waals surface area contributed by atoms with Gasteiger partial charge in [-0.25, -0.2) is 9.38 Å². The predicted molar refractivity (Wildman–Crippen MR) is 82.1 cm³/mol. The van der Waals surface area contributed by atoms with E-state index in [9.17, 15) is 4.39 Å². The average Bonchev–Trinajstić information content (AvgIpc) is 2.46. The first-order valence-electron chi connectivity index (χ1n) is 6.30. The minimum absolute atomic E-state index is 0.0880. The molecule has 0 spiro atoms. The number of hydrogen-bond donors (Lipinski definition) is 3. The first-order chi connectivity index (χ1) is 10.5. The monoisotopic (exact) mass is 302 g/mol. The normalized spacial score (nSPS) is 11.0. The summed E-state index contributed by atoms with van der Waals surface area (Å²) in [5.41, 5.74) is 16.8. The van der Waals surface area contributed by atoms with Crippen molar-refractivity contribution < 1.29 is 9.13 Å². The molecule has 2 aromatic rings. The molecule has 0 unspecified atom stereocenters. The van der Waals surface area contributed by atoms with Crippen LogP contribution in [0.3, 0.4) is 0 Å². The fourth-order valence-corrected chi connectivity index (χ4v) is 1.60. The summed E-state index contributed by atoms with van der Waals surface area (Å²) in [7, 11) is 0. The smallest absolute Gasteiger partial charge is 0.223 e. The van der Waals surface area contributed by atoms with Crippen LogP contribution in [0.5, 0.6) is 5.75 Å². The first-order valence-corrected chi connectivity index (χ1v) is 6.30. The van der Waals surface area contributed by atoms with Crippen molar-refractivity contribution in [1.29, 1.82) is 0 Å². The van der Waals surface area contributed by atoms with Crippen LogP contribution in [0.4, 0.5) is 10.1 Å². The summed E-state index contributed by atoms with van der Waals surface area (Å²) in [6, 6.07) is 9.55. The molecule has 1 aromatic carbocycles. The minimum atomic E-state index is -0.574. The van der Waals surface area contributed by atoms with Crippen molar-refractivity contribution >= 4 is 17.6 Å². The minimum Gasteiger partial charge on any atom is -0.484 e. The van der Waals surface area contributed by atoms with Crippen LogP contribution in [0.1, 0.15) is 5.69 Å². The number of aromatic nitrogens is 1. The van der Waals surface area contributed by atoms with Gasteiger partial charge in [0.15, 0.2) is 17.5 Å². The van der Waals surface area contributed by atoms with Crippen LogP contribution in [0, 0.1) is 5.82 Å². The number of pyridine rings is 1. The van der Waals surface area contributed by atoms with Crippen molar-refractivity contribution in [2.45, 2.75) is 6.61 Å². The molecule has 0 aliphatic heterocycles. The van der Waals surface area contributed by atoms with Gasteiger partial charge in [-0.15, -0.1) is 0 Å². The molecule has 0 amide bonds. The van der Waals surface area contributed by atoms with E-state index in [1.165, 1.54) is 18.2 Å². The summed E-state index contributed by atoms with van der Waals surface area (Å²) >= 11 is 0. The third-order valence-electron chi connectivity index (χ3n) is 2.50. The van der Waals surface area contributed by atoms with Crippen LogP contribution < -0.4 is 21.9 Å². The lowest BCUT2D eigenvalue weighted by Crippen LogP contribution is -2.26. The highest BCUT2D eigenvalue weighted by molar-refractivity contribution is 5.93. The molecule has 0 atom stereocenters. The second-order valence-electron chi connectivity index (χ2n) is 4.23. The van der Waals surface area contributed by atoms with Crippen LogP contribution in [0.2, 0.25) is 0 Å². The van der Waals surface area contributed by atoms with E-state index in [-0.39, 0.29) is 30.0 Å². The number of halogens is 1. The average molecular weight is 302 g/mol. The maximum atomic E-state index is 13.9. The Morgan fingerprint density at radius 1 is 1.18 bits per heavy atom. The van der Waals surface area contributed by atoms with Crippen LogP contribution in [0.25, 0.3) is 0 Å². The molecule has 0 aliphatic carbocycles. The van der Waals surface area contributed by atoms with Gasteiger partial charge < -0.3 is 21.9 Å². The van der Waals surface area contributed by atoms with Gasteiger partial charge in [-0.1, -0.05) is 6.07 Å². The highest BCUT2D eigenvalue weighted by Gasteiger charge is 2.06. The van der Waals surface area contributed by atoms with E-state index in [2.05, 4.69) is 15.0 Å². The van der Waals surface area contributed by atoms with E-state index in [0.717, 1.165) is 0 Å². The molecule has 0 radical (unpaired) electrons. The summed E-state index contributed by atoms with van der Waals surface area (Å²) in [5.74, 6) is -0.877. The van der Waals surface area contributed by atoms with Crippen LogP contribution in [-0.4, -0.2) is 16.9 Å². The molecule has 114 valence electrons. The number of aliphatic imine (C=N–C) groups is 2. The Bertz CT molecular complexity index is 698. The summed E-state index contributed by atoms with van der Waals surface area (Å²) in [5, 5.41) is 0. The fraction of sp³-hybridized carbons (Fsp3) is 0.0714. The van der Waals surface area contributed by atoms with Gasteiger partial charge in [0.25, 0.3) is 0 Å². The van der Waals surface area contributed by atoms with Gasteiger partial charge in [0.2, 0.25) is 5.96 Å². The van der Waals surface area contributed by atoms with Crippen molar-refractivity contribution in [3.8, 4) is 5.75 Å². The zero-order chi connectivity index (χ0) is 15.9. The largest absolute Gasteiger partial charge is 0.484 e. The fourth-order valence-electron chi connectivity index (χ4n) is 1.60. The summed E-state index contributed by atoms with van der Waals surface area (Å²) < 4.78 is 19.3. The Morgan fingerprint density at radius 2 is 2.00 bits per heavy atom. The molecule has 6 N–H and O–H groups in total. The van der Waals surface area contributed by atoms with Crippen molar-refractivity contribution in [1.82, 2.24) is 4.98 Å². The Hall–Kier alpha value is -3.16. The van der Waals surface area contributed by atoms with E-state index in [0.29, 0.717) is 5.69 Å². The molecule has 1 heterocycles. The highest BCUT2D eigenvalue weighted by atomic mass is 19.1. The molecular formula is C14H15FN6O. The number of nitrogens with two attached hydrogens (primary N) is 3. The second kappa shape index (κ2) is 7.02. The predicted octanol–water partition coefficient (Wildman–Crippen LogP) is 1.02. The number of rotatable bonds is 4. The Balaban J connectivity index is 2.08. The number of guanidine groups is 2. The molecule has 0 saturated heterocycles. The molecule has 0 bridgehead atoms. The highest BCUT2D eigenvalue weighted by Crippen LogP contribution is 2.23. The number of hydrogen-bond acceptors (Lipinski definition) is 3. The van der Waals surface area contributed by atoms with E-state index < -0.39 is 5.82 Å². The van der Waals surface area contributed by atoms with Crippen LogP contribution >= 0.6 is 0 Å². The van der Waals surface area contributed by atoms with E-state index >= 15 is 0 Å². The van der Waals surface area contributed by atoms with E-state index in [4.69, 9.17) is 21.9 Å². The van der Waals surface area contributed by atoms with Crippen molar-refractivity contribution in [3.05, 3.63) is 54.1 Å². The first kappa shape index (κ1) is 15.2. The third kappa shape index (κ3) is 4.44. The molecule has 8 heteroatoms. The molecule has 0 aliphatic rings. The SMILES string of the molecule is NC(N)=NC(N)=Nc1ccc(OCc2ccccn2)c(F)c1. The molecule has 7 nitrogen and oxygen atoms in total. The summed E-state index contributed by atoms with van der Waals surface area (Å²) in [4.78, 5) is 11.5. The molecule has 0 saturated carbocycles. The maximum Gasteiger partial charge on any atom is 0.223 e. The third-order valence-corrected chi connectivity index (χ3v) is 2.50. The van der Waals surface area contributed by atoms with E-state index in [1.807, 2.05) is 6.07 Å². The van der Waals surface area contributed by atoms with Gasteiger partial charge in [-0.3, -0.25) is 4.98 Å². The summed E-state index contributed by atoms with van der Waals surface area (Å²) in [6.45, 7) is 0.163. The molecule has 0 fully saturated rings. The summed E-state index contributed by atoms with van der Waals surface area (Å²) in [6.07, 6.45) is 1.64. The standard InChI is InChI=1S/C14H15FN6O/c15-11-7-9(20-14(18)21-13(16)17)4-5-12(11)22-8-10-3-1-2-6-19-10/h1-7H,8H2,(H6,16,17,18,20,21). The zero-order valence-corrected chi connectivity index (χ0v) is 11.6. The van der Waals surface area contributed by atoms with Crippen molar-refractivity contribution in [3.63, 3.8) is 0 Å². The van der Waals surface area contributed by atoms with E-state index in [1.54, 1.807) is 18.3 Å². The van der Waals surface area contributed by atoms with Gasteiger partial charge in [0.1, 0.15) is 6.61 Å². The zero-order valence-electron chi connectivity index (χ0n) is 11.6. The Labute approximate surface area is 126 Å². The van der Waals surface area contributed by atoms with Crippen molar-refractivity contribution in [2.75, 3.05) is 0 Å². The lowest BCUT2D eigenvalue weighted by atomic mass is 10.3. The number of nitrogens with zero attached hydrogens (tertiary/aromatic N) is 3. The van der Waals surface area contributed by atoms with Crippen LogP contribution in [-0.2, 0) is 6.61 Å². The topological polar surface area (TPSA) is 125 Å². The Kier molecular flexibility index (Phi) is 4.86. The van der Waals surface area contributed by atoms with Gasteiger partial charge in [0, 0.05) is 12.3 Å². The lowest BCUT2D eigenvalue weighted by Gasteiger charge is -2.07. The molecule has 1 aromatic heterocycles. The Morgan fingerprint density at radius 3 is 2.64 bits per heavy atom.